The molecule has 12 nitrogen and oxygen atoms in total. The van der Waals surface area contributed by atoms with Crippen molar-refractivity contribution in [3.8, 4) is 22.6 Å². The number of amides is 1. The summed E-state index contributed by atoms with van der Waals surface area (Å²) in [6.45, 7) is 12.4. The van der Waals surface area contributed by atoms with Crippen LogP contribution < -0.4 is 14.8 Å². The number of rotatable bonds is 6. The molecule has 8 bridgehead atoms. The molecule has 5 saturated heterocycles. The van der Waals surface area contributed by atoms with E-state index in [2.05, 4.69) is 59.8 Å². The number of methoxy groups -OCH3 is 4. The molecular formula is C46H56N4O8. The average Bonchev–Trinajstić information content (AvgIpc) is 3.82. The van der Waals surface area contributed by atoms with Gasteiger partial charge in [0, 0.05) is 83.8 Å². The van der Waals surface area contributed by atoms with E-state index in [-0.39, 0.29) is 65.7 Å². The Bertz CT molecular complexity index is 2350. The van der Waals surface area contributed by atoms with Gasteiger partial charge in [-0.15, -0.1) is 0 Å². The standard InChI is InChI=1S/C46H56N4O8/c1-11-24-19-49-15-14-45-29-17-32(55-8)33(22(4)38(29)47-46(45,49)13-12-25(24)37(45)44(53)57-10)27-16-26-30(18-31(27)54-7)48(6)39-34(26)36(43(52)56-9)35-28-20-50(42(51)21(2)3)40(39)41(35)58-23(28)5/h11,16-18,21,23,25,28,35-37,40-41,47H,12-15,19-20H2,1-10H3. The van der Waals surface area contributed by atoms with Crippen LogP contribution in [0.4, 0.5) is 5.69 Å². The highest BCUT2D eigenvalue weighted by Crippen LogP contribution is 2.69. The van der Waals surface area contributed by atoms with E-state index in [4.69, 9.17) is 23.7 Å². The summed E-state index contributed by atoms with van der Waals surface area (Å²) in [5, 5.41) is 5.03. The van der Waals surface area contributed by atoms with Gasteiger partial charge in [-0.25, -0.2) is 0 Å². The Morgan fingerprint density at radius 2 is 1.76 bits per heavy atom. The van der Waals surface area contributed by atoms with E-state index in [1.165, 1.54) is 19.8 Å². The molecule has 1 N–H and O–H groups in total. The lowest BCUT2D eigenvalue weighted by atomic mass is 9.54. The number of esters is 2. The van der Waals surface area contributed by atoms with Crippen LogP contribution in [0.3, 0.4) is 0 Å². The Kier molecular flexibility index (Phi) is 8.27. The number of carbonyl (C=O) groups is 3. The molecule has 6 fully saturated rings. The zero-order chi connectivity index (χ0) is 40.9. The number of hydrogen-bond donors (Lipinski definition) is 1. The summed E-state index contributed by atoms with van der Waals surface area (Å²) in [4.78, 5) is 46.8. The summed E-state index contributed by atoms with van der Waals surface area (Å²) in [7, 11) is 8.38. The lowest BCUT2D eigenvalue weighted by Gasteiger charge is -2.51. The number of nitrogens with zero attached hydrogens (tertiary/aromatic N) is 3. The number of allylic oxidation sites excluding steroid dienone is 1. The van der Waals surface area contributed by atoms with Gasteiger partial charge in [-0.1, -0.05) is 25.5 Å². The largest absolute Gasteiger partial charge is 0.496 e. The van der Waals surface area contributed by atoms with Gasteiger partial charge in [0.1, 0.15) is 17.2 Å². The quantitative estimate of drug-likeness (QED) is 0.228. The lowest BCUT2D eigenvalue weighted by Crippen LogP contribution is -2.63. The van der Waals surface area contributed by atoms with Gasteiger partial charge < -0.3 is 38.5 Å². The van der Waals surface area contributed by atoms with Crippen LogP contribution in [-0.4, -0.2) is 98.2 Å². The van der Waals surface area contributed by atoms with Gasteiger partial charge >= 0.3 is 11.9 Å². The van der Waals surface area contributed by atoms with Crippen LogP contribution in [0.2, 0.25) is 0 Å². The summed E-state index contributed by atoms with van der Waals surface area (Å²) in [6.07, 6.45) is 4.41. The monoisotopic (exact) mass is 792 g/mol. The van der Waals surface area contributed by atoms with Crippen LogP contribution in [-0.2, 0) is 41.1 Å². The molecule has 6 aliphatic heterocycles. The maximum absolute atomic E-state index is 14.1. The van der Waals surface area contributed by atoms with Gasteiger partial charge in [-0.3, -0.25) is 19.3 Å². The first kappa shape index (κ1) is 37.7. The van der Waals surface area contributed by atoms with Crippen molar-refractivity contribution in [2.24, 2.45) is 36.6 Å². The molecule has 1 amide bonds. The third-order valence-corrected chi connectivity index (χ3v) is 16.0. The van der Waals surface area contributed by atoms with E-state index in [0.29, 0.717) is 18.0 Å². The van der Waals surface area contributed by atoms with E-state index < -0.39 is 17.0 Å². The number of nitrogens with one attached hydrogen (secondary N) is 1. The molecule has 2 aromatic carbocycles. The molecule has 1 saturated carbocycles. The molecule has 12 heteroatoms. The van der Waals surface area contributed by atoms with Crippen LogP contribution in [0.15, 0.2) is 29.8 Å². The summed E-state index contributed by atoms with van der Waals surface area (Å²) in [5.74, 6) is -0.201. The summed E-state index contributed by atoms with van der Waals surface area (Å²) < 4.78 is 32.7. The van der Waals surface area contributed by atoms with Gasteiger partial charge in [0.25, 0.3) is 0 Å². The van der Waals surface area contributed by atoms with Crippen LogP contribution in [0.25, 0.3) is 22.0 Å². The molecular weight excluding hydrogens is 737 g/mol. The van der Waals surface area contributed by atoms with Crippen LogP contribution in [0.1, 0.15) is 81.3 Å². The van der Waals surface area contributed by atoms with Crippen molar-refractivity contribution in [3.05, 3.63) is 52.2 Å². The van der Waals surface area contributed by atoms with Crippen molar-refractivity contribution in [3.63, 3.8) is 0 Å². The van der Waals surface area contributed by atoms with Crippen LogP contribution >= 0.6 is 0 Å². The Labute approximate surface area is 340 Å². The number of carbonyl (C=O) groups excluding carboxylic acids is 3. The van der Waals surface area contributed by atoms with Crippen molar-refractivity contribution >= 4 is 34.4 Å². The Hall–Kier alpha value is -4.55. The average molecular weight is 793 g/mol. The molecule has 11 unspecified atom stereocenters. The van der Waals surface area contributed by atoms with Gasteiger partial charge in [-0.2, -0.15) is 0 Å². The number of benzene rings is 2. The number of anilines is 1. The lowest BCUT2D eigenvalue weighted by molar-refractivity contribution is -0.154. The predicted molar refractivity (Wildman–Crippen MR) is 218 cm³/mol. The van der Waals surface area contributed by atoms with Crippen molar-refractivity contribution < 1.29 is 38.1 Å². The highest BCUT2D eigenvalue weighted by molar-refractivity contribution is 6.00. The van der Waals surface area contributed by atoms with Gasteiger partial charge in [0.2, 0.25) is 5.91 Å². The molecule has 1 aromatic heterocycles. The number of piperidine rings is 1. The molecule has 8 aliphatic rings. The number of fused-ring (bicyclic) bond motifs is 7. The third kappa shape index (κ3) is 4.35. The SMILES string of the molecule is CC=C1CN2CCC34c5cc(OC)c(-c6cc7c8c(n(C)c7cc6OC)C6C7OC(C)C(CN6C(=O)C(C)C)C7C8C(=O)OC)c(C)c5NC23CCC1C4C(=O)OC. The van der Waals surface area contributed by atoms with E-state index in [0.717, 1.165) is 82.5 Å². The highest BCUT2D eigenvalue weighted by atomic mass is 16.5. The molecule has 2 aliphatic carbocycles. The molecule has 308 valence electrons. The zero-order valence-corrected chi connectivity index (χ0v) is 35.4. The number of ether oxygens (including phenoxy) is 5. The summed E-state index contributed by atoms with van der Waals surface area (Å²) >= 11 is 0. The van der Waals surface area contributed by atoms with E-state index >= 15 is 0 Å². The molecule has 7 heterocycles. The van der Waals surface area contributed by atoms with E-state index in [9.17, 15) is 14.4 Å². The number of likely N-dealkylation sites (tertiary alicyclic amines) is 1. The second-order valence-corrected chi connectivity index (χ2v) is 18.2. The second kappa shape index (κ2) is 12.7. The maximum Gasteiger partial charge on any atom is 0.313 e. The van der Waals surface area contributed by atoms with Crippen LogP contribution in [0.5, 0.6) is 11.5 Å². The number of aromatic nitrogens is 1. The fraction of sp³-hybridized carbons (Fsp3) is 0.587. The van der Waals surface area contributed by atoms with Crippen molar-refractivity contribution in [1.29, 1.82) is 0 Å². The minimum Gasteiger partial charge on any atom is -0.496 e. The summed E-state index contributed by atoms with van der Waals surface area (Å²) in [5.41, 5.74) is 7.93. The molecule has 11 atom stereocenters. The molecule has 58 heavy (non-hydrogen) atoms. The second-order valence-electron chi connectivity index (χ2n) is 18.2. The van der Waals surface area contributed by atoms with Crippen LogP contribution in [0, 0.1) is 36.5 Å². The maximum atomic E-state index is 14.1. The Morgan fingerprint density at radius 1 is 1.02 bits per heavy atom. The molecule has 11 rings (SSSR count). The zero-order valence-electron chi connectivity index (χ0n) is 35.4. The minimum atomic E-state index is -0.579. The topological polar surface area (TPSA) is 121 Å². The minimum absolute atomic E-state index is 0.0234. The van der Waals surface area contributed by atoms with Gasteiger partial charge in [0.05, 0.1) is 64.0 Å². The fourth-order valence-corrected chi connectivity index (χ4v) is 13.7. The first-order valence-corrected chi connectivity index (χ1v) is 21.1. The molecule has 3 aromatic rings. The van der Waals surface area contributed by atoms with Crippen molar-refractivity contribution in [2.45, 2.75) is 89.1 Å². The van der Waals surface area contributed by atoms with E-state index in [1.807, 2.05) is 25.8 Å². The smallest absolute Gasteiger partial charge is 0.313 e. The van der Waals surface area contributed by atoms with Gasteiger partial charge in [0.15, 0.2) is 0 Å². The molecule has 1 spiro atoms. The van der Waals surface area contributed by atoms with Crippen molar-refractivity contribution in [2.75, 3.05) is 53.4 Å². The first-order valence-electron chi connectivity index (χ1n) is 21.1. The first-order chi connectivity index (χ1) is 27.8. The Morgan fingerprint density at radius 3 is 2.43 bits per heavy atom. The molecule has 0 radical (unpaired) electrons. The normalized spacial score (nSPS) is 35.4. The fourth-order valence-electron chi connectivity index (χ4n) is 13.7. The third-order valence-electron chi connectivity index (χ3n) is 16.0. The predicted octanol–water partition coefficient (Wildman–Crippen LogP) is 6.22. The highest BCUT2D eigenvalue weighted by Gasteiger charge is 2.74. The van der Waals surface area contributed by atoms with Crippen molar-refractivity contribution in [1.82, 2.24) is 14.4 Å². The summed E-state index contributed by atoms with van der Waals surface area (Å²) in [6, 6.07) is 6.02. The number of hydrogen-bond acceptors (Lipinski definition) is 10. The Balaban J connectivity index is 1.21. The van der Waals surface area contributed by atoms with E-state index in [1.54, 1.807) is 14.2 Å². The number of aryl methyl sites for hydroxylation is 1. The van der Waals surface area contributed by atoms with Gasteiger partial charge in [-0.05, 0) is 74.8 Å².